The van der Waals surface area contributed by atoms with Crippen molar-refractivity contribution in [3.8, 4) is 0 Å². The lowest BCUT2D eigenvalue weighted by Crippen LogP contribution is -2.28. The Morgan fingerprint density at radius 3 is 2.68 bits per heavy atom. The number of hydrogen-bond acceptors (Lipinski definition) is 4. The van der Waals surface area contributed by atoms with Crippen LogP contribution in [0.2, 0.25) is 0 Å². The summed E-state index contributed by atoms with van der Waals surface area (Å²) in [7, 11) is 0. The maximum absolute atomic E-state index is 12.1. The van der Waals surface area contributed by atoms with Gasteiger partial charge in [-0.15, -0.1) is 0 Å². The molecule has 2 aromatic rings. The number of carbonyl (C=O) groups excluding carboxylic acids is 1. The largest absolute Gasteiger partial charge is 0.480 e. The second-order valence-corrected chi connectivity index (χ2v) is 5.38. The fourth-order valence-corrected chi connectivity index (χ4v) is 1.98. The van der Waals surface area contributed by atoms with Crippen LogP contribution >= 0.6 is 15.9 Å². The molecule has 0 atom stereocenters. The Labute approximate surface area is 133 Å². The van der Waals surface area contributed by atoms with Crippen LogP contribution in [0.25, 0.3) is 0 Å². The smallest absolute Gasteiger partial charge is 0.325 e. The molecule has 22 heavy (non-hydrogen) atoms. The molecule has 0 spiro atoms. The van der Waals surface area contributed by atoms with Gasteiger partial charge in [-0.25, -0.2) is 4.68 Å². The fourth-order valence-electron chi connectivity index (χ4n) is 1.73. The molecule has 114 valence electrons. The average molecular weight is 366 g/mol. The number of aliphatic carboxylic acids is 1. The van der Waals surface area contributed by atoms with E-state index in [0.29, 0.717) is 5.69 Å². The van der Waals surface area contributed by atoms with Gasteiger partial charge in [0.1, 0.15) is 12.2 Å². The highest BCUT2D eigenvalue weighted by Crippen LogP contribution is 2.20. The number of nitrogens with one attached hydrogen (secondary N) is 1. The maximum atomic E-state index is 12.1. The minimum absolute atomic E-state index is 0.0404. The first kappa shape index (κ1) is 15.9. The predicted molar refractivity (Wildman–Crippen MR) is 83.0 cm³/mol. The zero-order valence-electron chi connectivity index (χ0n) is 11.5. The van der Waals surface area contributed by atoms with Gasteiger partial charge in [0.05, 0.1) is 0 Å². The third-order valence-electron chi connectivity index (χ3n) is 2.80. The van der Waals surface area contributed by atoms with Gasteiger partial charge in [0.15, 0.2) is 0 Å². The Kier molecular flexibility index (Phi) is 4.71. The van der Waals surface area contributed by atoms with Crippen LogP contribution in [0.3, 0.4) is 0 Å². The van der Waals surface area contributed by atoms with E-state index in [2.05, 4.69) is 26.3 Å². The van der Waals surface area contributed by atoms with E-state index in [9.17, 15) is 14.4 Å². The summed E-state index contributed by atoms with van der Waals surface area (Å²) in [6, 6.07) is 7.64. The van der Waals surface area contributed by atoms with Crippen molar-refractivity contribution in [3.63, 3.8) is 0 Å². The van der Waals surface area contributed by atoms with Crippen LogP contribution in [0.15, 0.2) is 39.6 Å². The van der Waals surface area contributed by atoms with Crippen molar-refractivity contribution in [2.45, 2.75) is 13.5 Å². The number of amides is 1. The molecule has 1 amide bonds. The zero-order chi connectivity index (χ0) is 16.3. The second-order valence-electron chi connectivity index (χ2n) is 4.53. The van der Waals surface area contributed by atoms with Gasteiger partial charge in [0.2, 0.25) is 0 Å². The lowest BCUT2D eigenvalue weighted by atomic mass is 10.2. The zero-order valence-corrected chi connectivity index (χ0v) is 13.1. The molecule has 7 nitrogen and oxygen atoms in total. The molecule has 0 fully saturated rings. The predicted octanol–water partition coefficient (Wildman–Crippen LogP) is 1.65. The summed E-state index contributed by atoms with van der Waals surface area (Å²) in [6.07, 6.45) is 0. The highest BCUT2D eigenvalue weighted by molar-refractivity contribution is 9.10. The quantitative estimate of drug-likeness (QED) is 0.857. The monoisotopic (exact) mass is 365 g/mol. The van der Waals surface area contributed by atoms with E-state index in [-0.39, 0.29) is 5.69 Å². The molecule has 0 aliphatic carbocycles. The molecule has 0 aliphatic heterocycles. The number of carbonyl (C=O) groups is 2. The van der Waals surface area contributed by atoms with Crippen LogP contribution in [0.1, 0.15) is 16.1 Å². The lowest BCUT2D eigenvalue weighted by Gasteiger charge is -2.08. The van der Waals surface area contributed by atoms with Gasteiger partial charge in [-0.2, -0.15) is 5.10 Å². The molecule has 0 unspecified atom stereocenters. The minimum atomic E-state index is -1.21. The summed E-state index contributed by atoms with van der Waals surface area (Å²) in [5, 5.41) is 15.1. The van der Waals surface area contributed by atoms with Crippen molar-refractivity contribution in [2.75, 3.05) is 5.32 Å². The van der Waals surface area contributed by atoms with E-state index >= 15 is 0 Å². The Morgan fingerprint density at radius 2 is 2.05 bits per heavy atom. The Bertz CT molecular complexity index is 801. The normalized spacial score (nSPS) is 10.3. The molecule has 0 aliphatic rings. The van der Waals surface area contributed by atoms with Crippen LogP contribution < -0.4 is 10.9 Å². The molecule has 2 rings (SSSR count). The number of hydrogen-bond donors (Lipinski definition) is 2. The molecule has 0 bridgehead atoms. The van der Waals surface area contributed by atoms with E-state index < -0.39 is 24.0 Å². The first-order valence-electron chi connectivity index (χ1n) is 6.24. The number of halogens is 1. The number of aryl methyl sites for hydroxylation is 1. The average Bonchev–Trinajstić information content (AvgIpc) is 2.44. The van der Waals surface area contributed by atoms with E-state index in [1.165, 1.54) is 6.07 Å². The summed E-state index contributed by atoms with van der Waals surface area (Å²) in [6.45, 7) is 1.28. The van der Waals surface area contributed by atoms with Crippen molar-refractivity contribution >= 4 is 33.5 Å². The first-order chi connectivity index (χ1) is 10.4. The van der Waals surface area contributed by atoms with Gasteiger partial charge in [0.25, 0.3) is 11.5 Å². The molecular weight excluding hydrogens is 354 g/mol. The molecule has 1 heterocycles. The Hall–Kier alpha value is -2.48. The topological polar surface area (TPSA) is 101 Å². The maximum Gasteiger partial charge on any atom is 0.325 e. The van der Waals surface area contributed by atoms with Crippen molar-refractivity contribution in [3.05, 3.63) is 56.4 Å². The van der Waals surface area contributed by atoms with Crippen LogP contribution in [0.5, 0.6) is 0 Å². The van der Waals surface area contributed by atoms with E-state index in [1.54, 1.807) is 18.2 Å². The summed E-state index contributed by atoms with van der Waals surface area (Å²) in [5.41, 5.74) is 0.893. The molecular formula is C14H12BrN3O4. The number of rotatable bonds is 4. The molecule has 1 aromatic heterocycles. The van der Waals surface area contributed by atoms with Gasteiger partial charge in [0, 0.05) is 16.2 Å². The molecule has 0 saturated heterocycles. The number of nitrogens with zero attached hydrogens (tertiary/aromatic N) is 2. The van der Waals surface area contributed by atoms with Gasteiger partial charge in [-0.3, -0.25) is 14.4 Å². The third-order valence-corrected chi connectivity index (χ3v) is 3.69. The summed E-state index contributed by atoms with van der Waals surface area (Å²) >= 11 is 3.36. The van der Waals surface area contributed by atoms with Crippen molar-refractivity contribution in [1.82, 2.24) is 9.78 Å². The lowest BCUT2D eigenvalue weighted by molar-refractivity contribution is -0.138. The van der Waals surface area contributed by atoms with E-state index in [1.807, 2.05) is 6.92 Å². The SMILES string of the molecule is Cc1cc(NC(=O)c2ccc(=O)n(CC(=O)O)n2)ccc1Br. The van der Waals surface area contributed by atoms with Crippen molar-refractivity contribution in [1.29, 1.82) is 0 Å². The number of aromatic nitrogens is 2. The molecule has 0 saturated carbocycles. The first-order valence-corrected chi connectivity index (χ1v) is 7.03. The van der Waals surface area contributed by atoms with Crippen molar-refractivity contribution < 1.29 is 14.7 Å². The second kappa shape index (κ2) is 6.52. The van der Waals surface area contributed by atoms with Gasteiger partial charge < -0.3 is 10.4 Å². The van der Waals surface area contributed by atoms with Gasteiger partial charge in [-0.05, 0) is 36.8 Å². The minimum Gasteiger partial charge on any atom is -0.480 e. The Balaban J connectivity index is 2.23. The molecule has 8 heteroatoms. The Morgan fingerprint density at radius 1 is 1.32 bits per heavy atom. The molecule has 1 aromatic carbocycles. The van der Waals surface area contributed by atoms with Gasteiger partial charge in [-0.1, -0.05) is 15.9 Å². The van der Waals surface area contributed by atoms with E-state index in [0.717, 1.165) is 20.8 Å². The highest BCUT2D eigenvalue weighted by atomic mass is 79.9. The summed E-state index contributed by atoms with van der Waals surface area (Å²) in [4.78, 5) is 34.2. The van der Waals surface area contributed by atoms with Crippen LogP contribution in [0, 0.1) is 6.92 Å². The van der Waals surface area contributed by atoms with Crippen LogP contribution in [0.4, 0.5) is 5.69 Å². The van der Waals surface area contributed by atoms with E-state index in [4.69, 9.17) is 5.11 Å². The van der Waals surface area contributed by atoms with Crippen LogP contribution in [-0.4, -0.2) is 26.8 Å². The summed E-state index contributed by atoms with van der Waals surface area (Å²) in [5.74, 6) is -1.74. The molecule has 2 N–H and O–H groups in total. The number of benzene rings is 1. The number of carboxylic acid groups (broad SMARTS) is 1. The fraction of sp³-hybridized carbons (Fsp3) is 0.143. The van der Waals surface area contributed by atoms with Crippen LogP contribution in [-0.2, 0) is 11.3 Å². The van der Waals surface area contributed by atoms with Gasteiger partial charge >= 0.3 is 5.97 Å². The molecule has 0 radical (unpaired) electrons. The van der Waals surface area contributed by atoms with Crippen molar-refractivity contribution in [2.24, 2.45) is 0 Å². The number of carboxylic acids is 1. The number of anilines is 1. The highest BCUT2D eigenvalue weighted by Gasteiger charge is 2.12. The summed E-state index contributed by atoms with van der Waals surface area (Å²) < 4.78 is 1.64. The standard InChI is InChI=1S/C14H12BrN3O4/c1-8-6-9(2-3-10(8)15)16-14(22)11-4-5-12(19)18(17-11)7-13(20)21/h2-6H,7H2,1H3,(H,16,22)(H,20,21). The third kappa shape index (κ3) is 3.79.